The topological polar surface area (TPSA) is 66.6 Å². The quantitative estimate of drug-likeness (QED) is 0.626. The molecule has 1 atom stereocenters. The van der Waals surface area contributed by atoms with Crippen LogP contribution < -0.4 is 5.73 Å². The number of amides is 2. The number of rotatable bonds is 3. The minimum Gasteiger partial charge on any atom is -0.345 e. The molecule has 5 nitrogen and oxygen atoms in total. The molecule has 1 unspecified atom stereocenters. The van der Waals surface area contributed by atoms with Crippen LogP contribution in [0.15, 0.2) is 0 Å². The highest BCUT2D eigenvalue weighted by atomic mass is 16.2. The Morgan fingerprint density at radius 2 is 2.36 bits per heavy atom. The van der Waals surface area contributed by atoms with Crippen molar-refractivity contribution < 1.29 is 9.59 Å². The van der Waals surface area contributed by atoms with Gasteiger partial charge in [0.25, 0.3) is 0 Å². The molecule has 14 heavy (non-hydrogen) atoms. The summed E-state index contributed by atoms with van der Waals surface area (Å²) in [6.45, 7) is 1.54. The van der Waals surface area contributed by atoms with Crippen LogP contribution in [0.1, 0.15) is 6.42 Å². The Kier molecular flexibility index (Phi) is 3.46. The number of hydrogen-bond donors (Lipinski definition) is 1. The maximum atomic E-state index is 11.7. The summed E-state index contributed by atoms with van der Waals surface area (Å²) in [5, 5.41) is 0. The molecule has 1 heterocycles. The number of hydrogen-bond acceptors (Lipinski definition) is 3. The van der Waals surface area contributed by atoms with Crippen molar-refractivity contribution in [2.24, 2.45) is 11.7 Å². The van der Waals surface area contributed by atoms with E-state index >= 15 is 0 Å². The van der Waals surface area contributed by atoms with Gasteiger partial charge in [-0.05, 0) is 0 Å². The van der Waals surface area contributed by atoms with E-state index in [1.54, 1.807) is 23.9 Å². The summed E-state index contributed by atoms with van der Waals surface area (Å²) in [6.07, 6.45) is 0.338. The normalized spacial score (nSPS) is 21.5. The molecule has 1 aliphatic rings. The summed E-state index contributed by atoms with van der Waals surface area (Å²) in [4.78, 5) is 26.1. The predicted molar refractivity (Wildman–Crippen MR) is 52.4 cm³/mol. The van der Waals surface area contributed by atoms with Gasteiger partial charge in [-0.3, -0.25) is 9.59 Å². The lowest BCUT2D eigenvalue weighted by atomic mass is 10.1. The first-order valence-electron chi connectivity index (χ1n) is 4.75. The maximum Gasteiger partial charge on any atom is 0.227 e. The summed E-state index contributed by atoms with van der Waals surface area (Å²) < 4.78 is 0. The maximum absolute atomic E-state index is 11.7. The van der Waals surface area contributed by atoms with E-state index in [1.807, 2.05) is 0 Å². The average molecular weight is 199 g/mol. The number of likely N-dealkylation sites (tertiary alicyclic amines) is 1. The third-order valence-electron chi connectivity index (χ3n) is 2.53. The van der Waals surface area contributed by atoms with Crippen LogP contribution in [-0.4, -0.2) is 55.3 Å². The van der Waals surface area contributed by atoms with Crippen molar-refractivity contribution >= 4 is 11.8 Å². The van der Waals surface area contributed by atoms with Gasteiger partial charge >= 0.3 is 0 Å². The van der Waals surface area contributed by atoms with Crippen molar-refractivity contribution in [3.05, 3.63) is 0 Å². The molecular formula is C9H17N3O2. The number of likely N-dealkylation sites (N-methyl/N-ethyl adjacent to an activating group) is 1. The molecule has 5 heteroatoms. The number of carbonyl (C=O) groups excluding carboxylic acids is 2. The first-order valence-corrected chi connectivity index (χ1v) is 4.75. The second-order valence-electron chi connectivity index (χ2n) is 3.72. The molecule has 80 valence electrons. The van der Waals surface area contributed by atoms with Gasteiger partial charge in [-0.2, -0.15) is 0 Å². The van der Waals surface area contributed by atoms with E-state index in [9.17, 15) is 9.59 Å². The molecule has 0 radical (unpaired) electrons. The molecule has 0 spiro atoms. The monoisotopic (exact) mass is 199 g/mol. The highest BCUT2D eigenvalue weighted by Gasteiger charge is 2.33. The van der Waals surface area contributed by atoms with E-state index in [-0.39, 0.29) is 17.7 Å². The molecule has 1 aliphatic heterocycles. The zero-order valence-corrected chi connectivity index (χ0v) is 8.69. The van der Waals surface area contributed by atoms with Gasteiger partial charge in [0.1, 0.15) is 0 Å². The number of nitrogens with two attached hydrogens (primary N) is 1. The molecule has 1 saturated heterocycles. The van der Waals surface area contributed by atoms with Crippen LogP contribution in [0.3, 0.4) is 0 Å². The van der Waals surface area contributed by atoms with Gasteiger partial charge in [-0.15, -0.1) is 0 Å². The first-order chi connectivity index (χ1) is 6.56. The molecule has 1 rings (SSSR count). The fourth-order valence-corrected chi connectivity index (χ4v) is 1.64. The smallest absolute Gasteiger partial charge is 0.227 e. The van der Waals surface area contributed by atoms with Crippen LogP contribution >= 0.6 is 0 Å². The fourth-order valence-electron chi connectivity index (χ4n) is 1.64. The summed E-state index contributed by atoms with van der Waals surface area (Å²) in [7, 11) is 3.44. The van der Waals surface area contributed by atoms with Gasteiger partial charge in [0, 0.05) is 40.2 Å². The van der Waals surface area contributed by atoms with Gasteiger partial charge in [-0.25, -0.2) is 0 Å². The molecule has 0 bridgehead atoms. The van der Waals surface area contributed by atoms with E-state index < -0.39 is 0 Å². The van der Waals surface area contributed by atoms with Crippen LogP contribution in [0.4, 0.5) is 0 Å². The molecule has 1 fully saturated rings. The van der Waals surface area contributed by atoms with Crippen molar-refractivity contribution in [2.45, 2.75) is 6.42 Å². The van der Waals surface area contributed by atoms with Crippen molar-refractivity contribution in [3.63, 3.8) is 0 Å². The second kappa shape index (κ2) is 4.41. The summed E-state index contributed by atoms with van der Waals surface area (Å²) in [6, 6.07) is 0. The van der Waals surface area contributed by atoms with Crippen molar-refractivity contribution in [2.75, 3.05) is 33.7 Å². The van der Waals surface area contributed by atoms with Gasteiger partial charge in [0.15, 0.2) is 0 Å². The van der Waals surface area contributed by atoms with E-state index in [2.05, 4.69) is 0 Å². The van der Waals surface area contributed by atoms with E-state index in [4.69, 9.17) is 5.73 Å². The molecule has 0 aromatic heterocycles. The fraction of sp³-hybridized carbons (Fsp3) is 0.778. The Hall–Kier alpha value is -1.10. The molecule has 2 N–H and O–H groups in total. The number of nitrogens with zero attached hydrogens (tertiary/aromatic N) is 2. The zero-order valence-electron chi connectivity index (χ0n) is 8.69. The zero-order chi connectivity index (χ0) is 10.7. The van der Waals surface area contributed by atoms with Gasteiger partial charge in [-0.1, -0.05) is 0 Å². The lowest BCUT2D eigenvalue weighted by molar-refractivity contribution is -0.134. The lowest BCUT2D eigenvalue weighted by Crippen LogP contribution is -2.37. The van der Waals surface area contributed by atoms with Crippen molar-refractivity contribution in [1.82, 2.24) is 9.80 Å². The van der Waals surface area contributed by atoms with Gasteiger partial charge in [0.05, 0.1) is 5.92 Å². The molecular weight excluding hydrogens is 182 g/mol. The van der Waals surface area contributed by atoms with Crippen LogP contribution in [0.5, 0.6) is 0 Å². The van der Waals surface area contributed by atoms with Crippen molar-refractivity contribution in [3.8, 4) is 0 Å². The third-order valence-corrected chi connectivity index (χ3v) is 2.53. The Bertz CT molecular complexity index is 242. The number of carbonyl (C=O) groups is 2. The van der Waals surface area contributed by atoms with Crippen LogP contribution in [0.2, 0.25) is 0 Å². The largest absolute Gasteiger partial charge is 0.345 e. The molecule has 0 aliphatic carbocycles. The minimum atomic E-state index is -0.177. The molecule has 0 aromatic carbocycles. The lowest BCUT2D eigenvalue weighted by Gasteiger charge is -2.19. The van der Waals surface area contributed by atoms with Crippen LogP contribution in [0.25, 0.3) is 0 Å². The summed E-state index contributed by atoms with van der Waals surface area (Å²) in [5.74, 6) is -0.110. The third kappa shape index (κ3) is 2.23. The Balaban J connectivity index is 2.50. The SMILES string of the molecule is CN1CC(C(=O)N(C)CCN)CC1=O. The van der Waals surface area contributed by atoms with Crippen LogP contribution in [0, 0.1) is 5.92 Å². The highest BCUT2D eigenvalue weighted by Crippen LogP contribution is 2.17. The standard InChI is InChI=1S/C9H17N3O2/c1-11(4-3-10)9(14)7-5-8(13)12(2)6-7/h7H,3-6,10H2,1-2H3. The highest BCUT2D eigenvalue weighted by molar-refractivity contribution is 5.89. The van der Waals surface area contributed by atoms with Gasteiger partial charge in [0.2, 0.25) is 11.8 Å². The molecule has 2 amide bonds. The van der Waals surface area contributed by atoms with E-state index in [1.165, 1.54) is 0 Å². The average Bonchev–Trinajstić information content (AvgIpc) is 2.46. The molecule has 0 saturated carbocycles. The predicted octanol–water partition coefficient (Wildman–Crippen LogP) is -1.12. The second-order valence-corrected chi connectivity index (χ2v) is 3.72. The summed E-state index contributed by atoms with van der Waals surface area (Å²) >= 11 is 0. The Labute approximate surface area is 83.8 Å². The first kappa shape index (κ1) is 11.0. The van der Waals surface area contributed by atoms with E-state index in [0.29, 0.717) is 26.1 Å². The molecule has 0 aromatic rings. The van der Waals surface area contributed by atoms with Gasteiger partial charge < -0.3 is 15.5 Å². The van der Waals surface area contributed by atoms with Crippen LogP contribution in [-0.2, 0) is 9.59 Å². The summed E-state index contributed by atoms with van der Waals surface area (Å²) in [5.41, 5.74) is 5.35. The van der Waals surface area contributed by atoms with E-state index in [0.717, 1.165) is 0 Å². The van der Waals surface area contributed by atoms with Crippen molar-refractivity contribution in [1.29, 1.82) is 0 Å². The minimum absolute atomic E-state index is 0.0214. The Morgan fingerprint density at radius 1 is 1.71 bits per heavy atom. The Morgan fingerprint density at radius 3 is 2.79 bits per heavy atom.